The van der Waals surface area contributed by atoms with Gasteiger partial charge in [-0.05, 0) is 128 Å². The van der Waals surface area contributed by atoms with Crippen LogP contribution in [0.2, 0.25) is 0 Å². The highest BCUT2D eigenvalue weighted by Crippen LogP contribution is 2.55. The van der Waals surface area contributed by atoms with Crippen LogP contribution in [0.5, 0.6) is 23.0 Å². The monoisotopic (exact) mass is 897 g/mol. The molecule has 5 heteroatoms. The standard InChI is InChI=1S/C56H70O3P2.C3H8/c1-10-12-14-16-20-44-35-46-54(52(37-44)60-31-28-39(3)19-18-30-57-43(7)25-22-40(4)29-32-60)59-55-47(56(46,8)9)36-45(21-17-15-13-11-2)38-53(55)61-50-33-41(5)23-26-48(50)58-49-27-24-42(6)34-51(49)61;1-3-2/h18-19,22-29,33-38,43H,10-17,20-21,30-32H2,1-9H3;3H2,1-2H3/b19-18-,25-22-,39-28-,40-29-;. The smallest absolute Gasteiger partial charge is 0.139 e. The molecule has 0 bridgehead atoms. The van der Waals surface area contributed by atoms with E-state index < -0.39 is 15.8 Å². The molecule has 7 rings (SSSR count). The minimum absolute atomic E-state index is 0.0593. The number of hydrogen-bond donors (Lipinski definition) is 0. The van der Waals surface area contributed by atoms with Crippen LogP contribution in [-0.4, -0.2) is 25.0 Å². The molecule has 4 aromatic rings. The van der Waals surface area contributed by atoms with Crippen LogP contribution < -0.4 is 30.7 Å². The Hall–Kier alpha value is -3.74. The van der Waals surface area contributed by atoms with Gasteiger partial charge in [0.15, 0.2) is 0 Å². The third-order valence-electron chi connectivity index (χ3n) is 12.7. The molecule has 0 radical (unpaired) electrons. The Labute approximate surface area is 391 Å². The summed E-state index contributed by atoms with van der Waals surface area (Å²) in [5.74, 6) is 4.10. The van der Waals surface area contributed by atoms with Crippen LogP contribution in [0, 0.1) is 13.8 Å². The largest absolute Gasteiger partial charge is 0.456 e. The lowest BCUT2D eigenvalue weighted by Crippen LogP contribution is -2.34. The summed E-state index contributed by atoms with van der Waals surface area (Å²) in [5, 5.41) is 5.30. The molecule has 0 saturated carbocycles. The van der Waals surface area contributed by atoms with E-state index >= 15 is 0 Å². The van der Waals surface area contributed by atoms with E-state index in [1.54, 1.807) is 0 Å². The second-order valence-corrected chi connectivity index (χ2v) is 23.4. The van der Waals surface area contributed by atoms with Gasteiger partial charge in [-0.3, -0.25) is 0 Å². The van der Waals surface area contributed by atoms with Crippen LogP contribution in [0.15, 0.2) is 108 Å². The van der Waals surface area contributed by atoms with Gasteiger partial charge in [-0.1, -0.05) is 177 Å². The maximum absolute atomic E-state index is 7.75. The second kappa shape index (κ2) is 23.6. The first-order valence-corrected chi connectivity index (χ1v) is 27.7. The van der Waals surface area contributed by atoms with Crippen molar-refractivity contribution in [1.29, 1.82) is 0 Å². The average molecular weight is 897 g/mol. The van der Waals surface area contributed by atoms with Crippen molar-refractivity contribution in [1.82, 2.24) is 0 Å². The maximum atomic E-state index is 7.75. The molecule has 3 aliphatic heterocycles. The van der Waals surface area contributed by atoms with Crippen molar-refractivity contribution in [3.8, 4) is 23.0 Å². The van der Waals surface area contributed by atoms with E-state index in [1.807, 2.05) is 0 Å². The molecule has 0 fully saturated rings. The number of rotatable bonds is 12. The summed E-state index contributed by atoms with van der Waals surface area (Å²) in [4.78, 5) is 0. The topological polar surface area (TPSA) is 27.7 Å². The molecule has 3 nitrogen and oxygen atoms in total. The molecule has 2 atom stereocenters. The molecular formula is C59H78O3P2. The summed E-state index contributed by atoms with van der Waals surface area (Å²) >= 11 is 0. The highest BCUT2D eigenvalue weighted by molar-refractivity contribution is 7.80. The van der Waals surface area contributed by atoms with E-state index in [-0.39, 0.29) is 11.5 Å². The molecular weight excluding hydrogens is 819 g/mol. The lowest BCUT2D eigenvalue weighted by Gasteiger charge is -2.40. The van der Waals surface area contributed by atoms with Crippen molar-refractivity contribution in [3.63, 3.8) is 0 Å². The van der Waals surface area contributed by atoms with Crippen LogP contribution in [0.3, 0.4) is 0 Å². The Morgan fingerprint density at radius 2 is 1.11 bits per heavy atom. The van der Waals surface area contributed by atoms with Crippen LogP contribution in [-0.2, 0) is 23.0 Å². The van der Waals surface area contributed by atoms with Crippen LogP contribution >= 0.6 is 15.8 Å². The van der Waals surface area contributed by atoms with E-state index in [9.17, 15) is 0 Å². The highest BCUT2D eigenvalue weighted by atomic mass is 31.1. The van der Waals surface area contributed by atoms with E-state index in [0.717, 1.165) is 48.2 Å². The van der Waals surface area contributed by atoms with Crippen molar-refractivity contribution in [2.45, 2.75) is 158 Å². The zero-order valence-electron chi connectivity index (χ0n) is 41.3. The SMILES string of the molecule is CCC.CCCCCCc1cc(P2C/C=C(C)\C=C/COC(C)/C=C\C(C)=C/C2)c2c(c1)C(C)(C)c1cc(CCCCCC)cc(P3c4cc(C)ccc4Oc4ccc(C)cc43)c1O2. The number of unbranched alkanes of at least 4 members (excludes halogenated alkanes) is 6. The molecule has 0 N–H and O–H groups in total. The Bertz CT molecular complexity index is 2280. The molecule has 3 heterocycles. The number of ether oxygens (including phenoxy) is 3. The van der Waals surface area contributed by atoms with Crippen molar-refractivity contribution < 1.29 is 14.2 Å². The predicted molar refractivity (Wildman–Crippen MR) is 282 cm³/mol. The van der Waals surface area contributed by atoms with Gasteiger partial charge in [-0.25, -0.2) is 0 Å². The quantitative estimate of drug-likeness (QED) is 0.0922. The molecule has 0 aromatic heterocycles. The van der Waals surface area contributed by atoms with Crippen LogP contribution in [0.4, 0.5) is 0 Å². The summed E-state index contributed by atoms with van der Waals surface area (Å²) in [6, 6.07) is 23.7. The van der Waals surface area contributed by atoms with Gasteiger partial charge in [0.2, 0.25) is 0 Å². The van der Waals surface area contributed by atoms with Gasteiger partial charge < -0.3 is 14.2 Å². The molecule has 2 unspecified atom stereocenters. The van der Waals surface area contributed by atoms with Crippen molar-refractivity contribution in [3.05, 3.63) is 142 Å². The zero-order chi connectivity index (χ0) is 45.8. The Morgan fingerprint density at radius 3 is 1.66 bits per heavy atom. The van der Waals surface area contributed by atoms with Crippen molar-refractivity contribution in [2.24, 2.45) is 0 Å². The zero-order valence-corrected chi connectivity index (χ0v) is 43.1. The number of benzene rings is 4. The first kappa shape index (κ1) is 49.7. The fraction of sp³-hybridized carbons (Fsp3) is 0.458. The molecule has 0 saturated heterocycles. The summed E-state index contributed by atoms with van der Waals surface area (Å²) in [6.45, 7) is 25.4. The van der Waals surface area contributed by atoms with Crippen molar-refractivity contribution >= 4 is 37.1 Å². The first-order chi connectivity index (χ1) is 30.9. The van der Waals surface area contributed by atoms with Crippen LogP contribution in [0.25, 0.3) is 0 Å². The fourth-order valence-corrected chi connectivity index (χ4v) is 14.1. The lowest BCUT2D eigenvalue weighted by atomic mass is 9.74. The average Bonchev–Trinajstić information content (AvgIpc) is 3.27. The molecule has 342 valence electrons. The molecule has 0 spiro atoms. The number of hydrogen-bond acceptors (Lipinski definition) is 3. The second-order valence-electron chi connectivity index (χ2n) is 19.0. The molecule has 0 amide bonds. The van der Waals surface area contributed by atoms with E-state index in [4.69, 9.17) is 14.2 Å². The number of allylic oxidation sites excluding steroid dienone is 6. The summed E-state index contributed by atoms with van der Waals surface area (Å²) in [7, 11) is -1.64. The summed E-state index contributed by atoms with van der Waals surface area (Å²) in [6.07, 6.45) is 29.2. The molecule has 4 aromatic carbocycles. The van der Waals surface area contributed by atoms with Gasteiger partial charge in [0.05, 0.1) is 12.7 Å². The lowest BCUT2D eigenvalue weighted by molar-refractivity contribution is 0.123. The summed E-state index contributed by atoms with van der Waals surface area (Å²) in [5.41, 5.74) is 10.4. The maximum Gasteiger partial charge on any atom is 0.139 e. The minimum Gasteiger partial charge on any atom is -0.456 e. The minimum atomic E-state index is -0.986. The third-order valence-corrected chi connectivity index (χ3v) is 17.4. The van der Waals surface area contributed by atoms with E-state index in [1.165, 1.54) is 124 Å². The first-order valence-electron chi connectivity index (χ1n) is 24.6. The Morgan fingerprint density at radius 1 is 0.594 bits per heavy atom. The number of aryl methyl sites for hydroxylation is 4. The molecule has 64 heavy (non-hydrogen) atoms. The van der Waals surface area contributed by atoms with Gasteiger partial charge in [-0.2, -0.15) is 0 Å². The van der Waals surface area contributed by atoms with Crippen LogP contribution in [0.1, 0.15) is 153 Å². The van der Waals surface area contributed by atoms with Gasteiger partial charge in [-0.15, -0.1) is 0 Å². The normalized spacial score (nSPS) is 20.7. The van der Waals surface area contributed by atoms with Gasteiger partial charge in [0.25, 0.3) is 0 Å². The number of fused-ring (bicyclic) bond motifs is 4. The predicted octanol–water partition coefficient (Wildman–Crippen LogP) is 15.8. The van der Waals surface area contributed by atoms with Crippen molar-refractivity contribution in [2.75, 3.05) is 18.9 Å². The van der Waals surface area contributed by atoms with Gasteiger partial charge in [0.1, 0.15) is 23.0 Å². The molecule has 3 aliphatic rings. The molecule has 0 aliphatic carbocycles. The fourth-order valence-electron chi connectivity index (χ4n) is 8.92. The van der Waals surface area contributed by atoms with Gasteiger partial charge >= 0.3 is 0 Å². The highest BCUT2D eigenvalue weighted by Gasteiger charge is 2.41. The third kappa shape index (κ3) is 12.4. The van der Waals surface area contributed by atoms with Gasteiger partial charge in [0, 0.05) is 37.8 Å². The Balaban J connectivity index is 0.00000220. The Kier molecular flexibility index (Phi) is 18.3. The summed E-state index contributed by atoms with van der Waals surface area (Å²) < 4.78 is 20.5. The van der Waals surface area contributed by atoms with E-state index in [2.05, 4.69) is 173 Å². The van der Waals surface area contributed by atoms with E-state index in [0.29, 0.717) is 6.61 Å².